The second-order valence-corrected chi connectivity index (χ2v) is 6.65. The molecule has 0 radical (unpaired) electrons. The summed E-state index contributed by atoms with van der Waals surface area (Å²) in [4.78, 5) is 29.6. The summed E-state index contributed by atoms with van der Waals surface area (Å²) in [7, 11) is 1.94. The van der Waals surface area contributed by atoms with Crippen LogP contribution in [0.1, 0.15) is 19.4 Å². The van der Waals surface area contributed by atoms with Crippen molar-refractivity contribution in [2.45, 2.75) is 26.8 Å². The molecule has 0 bridgehead atoms. The molecule has 1 atom stereocenters. The minimum Gasteiger partial charge on any atom is -0.492 e. The van der Waals surface area contributed by atoms with Crippen LogP contribution in [0.3, 0.4) is 0 Å². The number of likely N-dealkylation sites (N-methyl/N-ethyl adjacent to an activating group) is 1. The zero-order valence-corrected chi connectivity index (χ0v) is 15.7. The average molecular weight is 347 g/mol. The number of hydrogen-bond acceptors (Lipinski definition) is 4. The zero-order chi connectivity index (χ0) is 18.4. The highest BCUT2D eigenvalue weighted by Crippen LogP contribution is 2.12. The van der Waals surface area contributed by atoms with E-state index in [9.17, 15) is 9.59 Å². The van der Waals surface area contributed by atoms with Gasteiger partial charge in [0, 0.05) is 39.6 Å². The molecule has 0 aromatic heterocycles. The first-order chi connectivity index (χ1) is 11.9. The molecule has 0 N–H and O–H groups in total. The average Bonchev–Trinajstić information content (AvgIpc) is 2.62. The maximum Gasteiger partial charge on any atom is 0.239 e. The third-order valence-electron chi connectivity index (χ3n) is 4.79. The third-order valence-corrected chi connectivity index (χ3v) is 4.79. The monoisotopic (exact) mass is 347 g/mol. The van der Waals surface area contributed by atoms with E-state index in [0.717, 1.165) is 5.75 Å². The maximum atomic E-state index is 12.6. The fraction of sp³-hybridized carbons (Fsp3) is 0.579. The van der Waals surface area contributed by atoms with Crippen LogP contribution in [0.4, 0.5) is 0 Å². The van der Waals surface area contributed by atoms with Crippen LogP contribution in [0, 0.1) is 6.92 Å². The number of benzene rings is 1. The number of piperazine rings is 1. The van der Waals surface area contributed by atoms with Gasteiger partial charge in [-0.3, -0.25) is 14.5 Å². The van der Waals surface area contributed by atoms with Gasteiger partial charge >= 0.3 is 0 Å². The molecule has 1 aromatic rings. The lowest BCUT2D eigenvalue weighted by Crippen LogP contribution is -2.54. The third kappa shape index (κ3) is 5.46. The number of ether oxygens (including phenoxy) is 1. The zero-order valence-electron chi connectivity index (χ0n) is 15.7. The number of rotatable bonds is 6. The fourth-order valence-electron chi connectivity index (χ4n) is 2.83. The Hall–Kier alpha value is -2.08. The molecule has 1 fully saturated rings. The van der Waals surface area contributed by atoms with Crippen molar-refractivity contribution in [1.82, 2.24) is 14.7 Å². The molecular formula is C19H29N3O3. The Morgan fingerprint density at radius 1 is 1.12 bits per heavy atom. The molecule has 2 rings (SSSR count). The second-order valence-electron chi connectivity index (χ2n) is 6.65. The van der Waals surface area contributed by atoms with Crippen LogP contribution in [-0.4, -0.2) is 78.9 Å². The molecule has 6 nitrogen and oxygen atoms in total. The standard InChI is InChI=1S/C19H29N3O3/c1-15-5-7-18(8-6-15)25-14-13-20(4)16(2)19(24)22-11-9-21(10-12-22)17(3)23/h5-8,16H,9-14H2,1-4H3. The highest BCUT2D eigenvalue weighted by Gasteiger charge is 2.27. The number of hydrogen-bond donors (Lipinski definition) is 0. The van der Waals surface area contributed by atoms with Crippen LogP contribution in [0.5, 0.6) is 5.75 Å². The van der Waals surface area contributed by atoms with Crippen molar-refractivity contribution in [3.63, 3.8) is 0 Å². The normalized spacial score (nSPS) is 16.0. The number of carbonyl (C=O) groups excluding carboxylic acids is 2. The molecule has 2 amide bonds. The van der Waals surface area contributed by atoms with Gasteiger partial charge in [-0.25, -0.2) is 0 Å². The molecule has 25 heavy (non-hydrogen) atoms. The van der Waals surface area contributed by atoms with Gasteiger partial charge in [-0.2, -0.15) is 0 Å². The van der Waals surface area contributed by atoms with E-state index >= 15 is 0 Å². The van der Waals surface area contributed by atoms with Crippen molar-refractivity contribution in [1.29, 1.82) is 0 Å². The first-order valence-electron chi connectivity index (χ1n) is 8.82. The Morgan fingerprint density at radius 3 is 2.24 bits per heavy atom. The molecule has 1 heterocycles. The van der Waals surface area contributed by atoms with Crippen molar-refractivity contribution in [3.8, 4) is 5.75 Å². The van der Waals surface area contributed by atoms with Crippen molar-refractivity contribution >= 4 is 11.8 Å². The van der Waals surface area contributed by atoms with Crippen LogP contribution < -0.4 is 4.74 Å². The van der Waals surface area contributed by atoms with Crippen LogP contribution >= 0.6 is 0 Å². The maximum absolute atomic E-state index is 12.6. The van der Waals surface area contributed by atoms with Crippen molar-refractivity contribution in [2.75, 3.05) is 46.4 Å². The molecule has 1 unspecified atom stereocenters. The Balaban J connectivity index is 1.75. The Kier molecular flexibility index (Phi) is 6.82. The highest BCUT2D eigenvalue weighted by molar-refractivity contribution is 5.82. The summed E-state index contributed by atoms with van der Waals surface area (Å²) >= 11 is 0. The Bertz CT molecular complexity index is 580. The molecule has 0 spiro atoms. The molecule has 0 aliphatic carbocycles. The smallest absolute Gasteiger partial charge is 0.239 e. The van der Waals surface area contributed by atoms with Gasteiger partial charge < -0.3 is 14.5 Å². The van der Waals surface area contributed by atoms with Crippen LogP contribution in [0.15, 0.2) is 24.3 Å². The van der Waals surface area contributed by atoms with E-state index in [1.54, 1.807) is 11.8 Å². The lowest BCUT2D eigenvalue weighted by molar-refractivity contribution is -0.141. The Labute approximate surface area is 150 Å². The second kappa shape index (κ2) is 8.85. The minimum absolute atomic E-state index is 0.0746. The predicted octanol–water partition coefficient (Wildman–Crippen LogP) is 1.38. The van der Waals surface area contributed by atoms with E-state index in [2.05, 4.69) is 0 Å². The molecule has 0 saturated carbocycles. The van der Waals surface area contributed by atoms with E-state index in [4.69, 9.17) is 4.74 Å². The topological polar surface area (TPSA) is 53.1 Å². The van der Waals surface area contributed by atoms with Crippen LogP contribution in [0.2, 0.25) is 0 Å². The summed E-state index contributed by atoms with van der Waals surface area (Å²) in [6, 6.07) is 7.75. The first kappa shape index (κ1) is 19.2. The molecule has 1 aromatic carbocycles. The first-order valence-corrected chi connectivity index (χ1v) is 8.82. The van der Waals surface area contributed by atoms with E-state index in [1.807, 2.05) is 55.0 Å². The van der Waals surface area contributed by atoms with Crippen LogP contribution in [-0.2, 0) is 9.59 Å². The van der Waals surface area contributed by atoms with E-state index in [0.29, 0.717) is 39.3 Å². The molecule has 138 valence electrons. The predicted molar refractivity (Wildman–Crippen MR) is 97.6 cm³/mol. The van der Waals surface area contributed by atoms with Crippen LogP contribution in [0.25, 0.3) is 0 Å². The largest absolute Gasteiger partial charge is 0.492 e. The lowest BCUT2D eigenvalue weighted by Gasteiger charge is -2.37. The minimum atomic E-state index is -0.203. The van der Waals surface area contributed by atoms with Gasteiger partial charge in [-0.1, -0.05) is 17.7 Å². The molecule has 1 saturated heterocycles. The van der Waals surface area contributed by atoms with Gasteiger partial charge in [0.1, 0.15) is 12.4 Å². The van der Waals surface area contributed by atoms with Gasteiger partial charge in [0.2, 0.25) is 11.8 Å². The Morgan fingerprint density at radius 2 is 1.68 bits per heavy atom. The van der Waals surface area contributed by atoms with E-state index in [1.165, 1.54) is 5.56 Å². The summed E-state index contributed by atoms with van der Waals surface area (Å²) in [5.41, 5.74) is 1.20. The highest BCUT2D eigenvalue weighted by atomic mass is 16.5. The van der Waals surface area contributed by atoms with Gasteiger partial charge in [0.25, 0.3) is 0 Å². The fourth-order valence-corrected chi connectivity index (χ4v) is 2.83. The summed E-state index contributed by atoms with van der Waals surface area (Å²) in [6.45, 7) is 9.20. The quantitative estimate of drug-likeness (QED) is 0.780. The summed E-state index contributed by atoms with van der Waals surface area (Å²) in [6.07, 6.45) is 0. The lowest BCUT2D eigenvalue weighted by atomic mass is 10.2. The number of amides is 2. The van der Waals surface area contributed by atoms with Crippen molar-refractivity contribution in [3.05, 3.63) is 29.8 Å². The molecule has 1 aliphatic heterocycles. The van der Waals surface area contributed by atoms with Gasteiger partial charge in [-0.05, 0) is 33.0 Å². The van der Waals surface area contributed by atoms with Crippen molar-refractivity contribution in [2.24, 2.45) is 0 Å². The van der Waals surface area contributed by atoms with E-state index < -0.39 is 0 Å². The van der Waals surface area contributed by atoms with Gasteiger partial charge in [0.05, 0.1) is 6.04 Å². The number of carbonyl (C=O) groups is 2. The molecule has 6 heteroatoms. The molecule has 1 aliphatic rings. The summed E-state index contributed by atoms with van der Waals surface area (Å²) in [5.74, 6) is 1.03. The summed E-state index contributed by atoms with van der Waals surface area (Å²) < 4.78 is 5.74. The summed E-state index contributed by atoms with van der Waals surface area (Å²) in [5, 5.41) is 0. The number of nitrogens with zero attached hydrogens (tertiary/aromatic N) is 3. The number of aryl methyl sites for hydroxylation is 1. The SMILES string of the molecule is CC(=O)N1CCN(C(=O)C(C)N(C)CCOc2ccc(C)cc2)CC1. The van der Waals surface area contributed by atoms with Crippen molar-refractivity contribution < 1.29 is 14.3 Å². The van der Waals surface area contributed by atoms with Gasteiger partial charge in [0.15, 0.2) is 0 Å². The molecular weight excluding hydrogens is 318 g/mol. The van der Waals surface area contributed by atoms with Gasteiger partial charge in [-0.15, -0.1) is 0 Å². The van der Waals surface area contributed by atoms with E-state index in [-0.39, 0.29) is 17.9 Å².